The Morgan fingerprint density at radius 2 is 0.645 bits per heavy atom. The number of allylic oxidation sites excluding steroid dienone is 22. The van der Waals surface area contributed by atoms with E-state index in [1.165, 1.54) is 0 Å². The number of hydrogen-bond donors (Lipinski definition) is 2. The van der Waals surface area contributed by atoms with Gasteiger partial charge in [-0.05, 0) is 128 Å². The summed E-state index contributed by atoms with van der Waals surface area (Å²) >= 11 is 0. The maximum Gasteiger partial charge on any atom is 0.472 e. The standard InChI is InChI=1S/C64H103O11P/c1-4-7-10-13-16-19-22-25-28-29-30-31-34-35-38-41-44-47-50-53-62(66)71-57-61(75-64(68)55-52-49-46-43-40-37-33-27-24-21-18-15-12-9-6-3)59-73-76(69,70)72-58-60(56-65)74-63(67)54-51-48-45-42-39-36-32-26-23-20-17-14-11-8-5-2/h7-12,16-21,25-28,30-33,35,38,60-61,65H,4-6,13-15,22-24,29,34,36-37,39-59H2,1-3H3,(H,69,70)/b10-7-,11-8-,12-9-,19-16-,20-17-,21-18-,28-25-,31-30-,32-26-,33-27-,38-35-. The number of hydrogen-bond acceptors (Lipinski definition) is 10. The zero-order valence-corrected chi connectivity index (χ0v) is 48.3. The SMILES string of the molecule is CC/C=C\C/C=C\C/C=C\C/C=C\C/C=C\CCCCCC(=O)OCC(COP(=O)(O)OCC(CO)OC(=O)CCCCCCC/C=C\C/C=C\C/C=C\CC)OC(=O)CCCCCCC/C=C\C/C=C\C/C=C\CC. The minimum Gasteiger partial charge on any atom is -0.462 e. The fraction of sp³-hybridized carbons (Fsp3) is 0.609. The minimum atomic E-state index is -4.78. The maximum absolute atomic E-state index is 12.9. The van der Waals surface area contributed by atoms with Crippen LogP contribution in [0.5, 0.6) is 0 Å². The molecular weight excluding hydrogens is 976 g/mol. The van der Waals surface area contributed by atoms with Crippen molar-refractivity contribution in [3.05, 3.63) is 134 Å². The second-order valence-corrected chi connectivity index (χ2v) is 20.1. The van der Waals surface area contributed by atoms with Crippen LogP contribution in [0.4, 0.5) is 0 Å². The highest BCUT2D eigenvalue weighted by Crippen LogP contribution is 2.43. The number of carbonyl (C=O) groups is 3. The molecule has 12 heteroatoms. The average Bonchev–Trinajstić information content (AvgIpc) is 3.41. The van der Waals surface area contributed by atoms with Crippen molar-refractivity contribution in [2.45, 2.75) is 226 Å². The van der Waals surface area contributed by atoms with Gasteiger partial charge in [0.15, 0.2) is 6.10 Å². The fourth-order valence-electron chi connectivity index (χ4n) is 7.23. The molecule has 0 heterocycles. The van der Waals surface area contributed by atoms with E-state index in [2.05, 4.69) is 154 Å². The van der Waals surface area contributed by atoms with E-state index in [9.17, 15) is 28.9 Å². The second kappa shape index (κ2) is 56.8. The van der Waals surface area contributed by atoms with E-state index in [1.807, 2.05) is 0 Å². The number of rotatable bonds is 52. The monoisotopic (exact) mass is 1080 g/mol. The predicted molar refractivity (Wildman–Crippen MR) is 316 cm³/mol. The van der Waals surface area contributed by atoms with Crippen molar-refractivity contribution < 1.29 is 52.2 Å². The van der Waals surface area contributed by atoms with Crippen LogP contribution < -0.4 is 0 Å². The predicted octanol–water partition coefficient (Wildman–Crippen LogP) is 17.4. The molecule has 0 aromatic carbocycles. The Kier molecular flexibility index (Phi) is 53.5. The van der Waals surface area contributed by atoms with Crippen molar-refractivity contribution in [3.63, 3.8) is 0 Å². The Bertz CT molecular complexity index is 1780. The molecule has 0 aliphatic heterocycles. The topological polar surface area (TPSA) is 155 Å². The van der Waals surface area contributed by atoms with Gasteiger partial charge in [-0.25, -0.2) is 4.57 Å². The van der Waals surface area contributed by atoms with Crippen molar-refractivity contribution in [2.75, 3.05) is 26.4 Å². The Balaban J connectivity index is 4.83. The molecular formula is C64H103O11P. The molecule has 0 spiro atoms. The number of aliphatic hydroxyl groups excluding tert-OH is 1. The minimum absolute atomic E-state index is 0.132. The first-order valence-corrected chi connectivity index (χ1v) is 30.6. The van der Waals surface area contributed by atoms with Crippen LogP contribution in [0.15, 0.2) is 134 Å². The summed E-state index contributed by atoms with van der Waals surface area (Å²) < 4.78 is 39.5. The van der Waals surface area contributed by atoms with Crippen LogP contribution in [0.2, 0.25) is 0 Å². The van der Waals surface area contributed by atoms with E-state index in [-0.39, 0.29) is 25.9 Å². The summed E-state index contributed by atoms with van der Waals surface area (Å²) in [5, 5.41) is 9.82. The van der Waals surface area contributed by atoms with E-state index in [4.69, 9.17) is 23.3 Å². The van der Waals surface area contributed by atoms with E-state index < -0.39 is 57.8 Å². The van der Waals surface area contributed by atoms with Crippen molar-refractivity contribution in [3.8, 4) is 0 Å². The highest BCUT2D eigenvalue weighted by molar-refractivity contribution is 7.47. The Morgan fingerprint density at radius 3 is 1.00 bits per heavy atom. The lowest BCUT2D eigenvalue weighted by molar-refractivity contribution is -0.161. The van der Waals surface area contributed by atoms with Gasteiger partial charge in [-0.15, -0.1) is 0 Å². The van der Waals surface area contributed by atoms with Crippen LogP contribution in [-0.2, 0) is 42.2 Å². The Hall–Kier alpha value is -4.38. The molecule has 0 rings (SSSR count). The Morgan fingerprint density at radius 1 is 0.368 bits per heavy atom. The number of phosphoric acid groups is 1. The number of aliphatic hydroxyl groups is 1. The lowest BCUT2D eigenvalue weighted by Crippen LogP contribution is -2.30. The molecule has 76 heavy (non-hydrogen) atoms. The van der Waals surface area contributed by atoms with Crippen molar-refractivity contribution in [1.29, 1.82) is 0 Å². The molecule has 3 atom stereocenters. The fourth-order valence-corrected chi connectivity index (χ4v) is 8.02. The quantitative estimate of drug-likeness (QED) is 0.0197. The van der Waals surface area contributed by atoms with Gasteiger partial charge in [0.25, 0.3) is 0 Å². The van der Waals surface area contributed by atoms with Gasteiger partial charge in [0.1, 0.15) is 12.7 Å². The summed E-state index contributed by atoms with van der Waals surface area (Å²) in [5.41, 5.74) is 0. The molecule has 0 aliphatic rings. The summed E-state index contributed by atoms with van der Waals surface area (Å²) in [4.78, 5) is 48.6. The zero-order chi connectivity index (χ0) is 55.5. The molecule has 0 aliphatic carbocycles. The van der Waals surface area contributed by atoms with Crippen LogP contribution in [0.25, 0.3) is 0 Å². The maximum atomic E-state index is 12.9. The molecule has 0 radical (unpaired) electrons. The van der Waals surface area contributed by atoms with Crippen molar-refractivity contribution >= 4 is 25.7 Å². The van der Waals surface area contributed by atoms with Gasteiger partial charge in [-0.1, -0.05) is 199 Å². The van der Waals surface area contributed by atoms with Gasteiger partial charge >= 0.3 is 25.7 Å². The molecule has 0 saturated carbocycles. The summed E-state index contributed by atoms with van der Waals surface area (Å²) in [6, 6.07) is 0. The summed E-state index contributed by atoms with van der Waals surface area (Å²) in [5.74, 6) is -1.56. The number of carbonyl (C=O) groups excluding carboxylic acids is 3. The summed E-state index contributed by atoms with van der Waals surface area (Å²) in [7, 11) is -4.78. The Labute approximate surface area is 461 Å². The molecule has 0 aromatic heterocycles. The molecule has 430 valence electrons. The van der Waals surface area contributed by atoms with Crippen molar-refractivity contribution in [1.82, 2.24) is 0 Å². The summed E-state index contributed by atoms with van der Waals surface area (Å²) in [6.07, 6.45) is 71.2. The van der Waals surface area contributed by atoms with Crippen LogP contribution in [-0.4, -0.2) is 66.5 Å². The first-order chi connectivity index (χ1) is 37.2. The highest BCUT2D eigenvalue weighted by atomic mass is 31.2. The number of unbranched alkanes of at least 4 members (excludes halogenated alkanes) is 13. The second-order valence-electron chi connectivity index (χ2n) is 18.7. The normalized spacial score (nSPS) is 14.3. The lowest BCUT2D eigenvalue weighted by atomic mass is 10.1. The van der Waals surface area contributed by atoms with Gasteiger partial charge in [0.05, 0.1) is 19.8 Å². The molecule has 0 saturated heterocycles. The van der Waals surface area contributed by atoms with Gasteiger partial charge in [-0.3, -0.25) is 23.4 Å². The molecule has 0 bridgehead atoms. The van der Waals surface area contributed by atoms with E-state index in [0.29, 0.717) is 19.3 Å². The molecule has 0 aromatic rings. The molecule has 2 N–H and O–H groups in total. The number of ether oxygens (including phenoxy) is 3. The van der Waals surface area contributed by atoms with Crippen LogP contribution in [0.3, 0.4) is 0 Å². The van der Waals surface area contributed by atoms with Gasteiger partial charge in [0.2, 0.25) is 0 Å². The first kappa shape index (κ1) is 71.6. The van der Waals surface area contributed by atoms with Crippen LogP contribution >= 0.6 is 7.82 Å². The molecule has 11 nitrogen and oxygen atoms in total. The smallest absolute Gasteiger partial charge is 0.462 e. The third kappa shape index (κ3) is 54.4. The van der Waals surface area contributed by atoms with E-state index >= 15 is 0 Å². The first-order valence-electron chi connectivity index (χ1n) is 29.1. The number of esters is 3. The lowest BCUT2D eigenvalue weighted by Gasteiger charge is -2.21. The zero-order valence-electron chi connectivity index (χ0n) is 47.4. The molecule has 0 amide bonds. The average molecular weight is 1080 g/mol. The van der Waals surface area contributed by atoms with Gasteiger partial charge < -0.3 is 24.2 Å². The van der Waals surface area contributed by atoms with Crippen molar-refractivity contribution in [2.24, 2.45) is 0 Å². The summed E-state index contributed by atoms with van der Waals surface area (Å²) in [6.45, 7) is 4.21. The van der Waals surface area contributed by atoms with Crippen LogP contribution in [0.1, 0.15) is 213 Å². The van der Waals surface area contributed by atoms with Gasteiger partial charge in [0, 0.05) is 19.3 Å². The molecule has 3 unspecified atom stereocenters. The largest absolute Gasteiger partial charge is 0.472 e. The third-order valence-corrected chi connectivity index (χ3v) is 12.5. The molecule has 0 fully saturated rings. The van der Waals surface area contributed by atoms with Crippen LogP contribution in [0, 0.1) is 0 Å². The van der Waals surface area contributed by atoms with E-state index in [0.717, 1.165) is 154 Å². The third-order valence-electron chi connectivity index (χ3n) is 11.6. The van der Waals surface area contributed by atoms with Gasteiger partial charge in [-0.2, -0.15) is 0 Å². The van der Waals surface area contributed by atoms with E-state index in [1.54, 1.807) is 0 Å². The number of phosphoric ester groups is 1. The highest BCUT2D eigenvalue weighted by Gasteiger charge is 2.28.